The van der Waals surface area contributed by atoms with Crippen LogP contribution in [0.15, 0.2) is 24.3 Å². The predicted octanol–water partition coefficient (Wildman–Crippen LogP) is 1.39. The van der Waals surface area contributed by atoms with E-state index in [1.165, 1.54) is 5.69 Å². The zero-order valence-corrected chi connectivity index (χ0v) is 14.6. The summed E-state index contributed by atoms with van der Waals surface area (Å²) in [6.07, 6.45) is 1.39. The van der Waals surface area contributed by atoms with Gasteiger partial charge in [-0.25, -0.2) is 0 Å². The largest absolute Gasteiger partial charge is 0.454 e. The Bertz CT molecular complexity index is 739. The van der Waals surface area contributed by atoms with Crippen molar-refractivity contribution in [2.24, 2.45) is 0 Å². The molecule has 25 heavy (non-hydrogen) atoms. The molecule has 0 bridgehead atoms. The van der Waals surface area contributed by atoms with Crippen molar-refractivity contribution in [3.05, 3.63) is 41.2 Å². The molecule has 0 fully saturated rings. The molecule has 2 N–H and O–H groups in total. The number of aryl methyl sites for hydroxylation is 1. The molecule has 8 heteroatoms. The third kappa shape index (κ3) is 4.05. The van der Waals surface area contributed by atoms with Crippen LogP contribution in [0.5, 0.6) is 11.5 Å². The van der Waals surface area contributed by atoms with Gasteiger partial charge in [-0.2, -0.15) is 5.10 Å². The third-order valence-corrected chi connectivity index (χ3v) is 4.21. The number of rotatable bonds is 4. The molecule has 1 aromatic heterocycles. The van der Waals surface area contributed by atoms with Crippen molar-refractivity contribution in [3.8, 4) is 11.5 Å². The molecule has 3 heterocycles. The minimum Gasteiger partial charge on any atom is -0.454 e. The van der Waals surface area contributed by atoms with Gasteiger partial charge in [0, 0.05) is 13.1 Å². The number of nitrogens with one attached hydrogen (secondary N) is 2. The number of fused-ring (bicyclic) bond motifs is 2. The first-order chi connectivity index (χ1) is 11.8. The van der Waals surface area contributed by atoms with E-state index in [0.29, 0.717) is 18.7 Å². The number of carbonyl (C=O) groups excluding carboxylic acids is 1. The van der Waals surface area contributed by atoms with E-state index in [1.54, 1.807) is 0 Å². The molecular formula is C17H21ClN4O3. The Hall–Kier alpha value is -2.25. The Labute approximate surface area is 152 Å². The smallest absolute Gasteiger partial charge is 0.231 e. The molecule has 7 nitrogen and oxygen atoms in total. The minimum absolute atomic E-state index is 0. The van der Waals surface area contributed by atoms with Crippen LogP contribution < -0.4 is 20.1 Å². The highest BCUT2D eigenvalue weighted by Gasteiger charge is 2.15. The monoisotopic (exact) mass is 364 g/mol. The average Bonchev–Trinajstić information content (AvgIpc) is 3.14. The Kier molecular flexibility index (Phi) is 5.45. The number of nitrogens with zero attached hydrogens (tertiary/aromatic N) is 2. The SMILES string of the molecule is Cl.O=C(Cc1ccc2c(c1)OCO2)NCc1cc2n(n1)CCCNC2. The van der Waals surface area contributed by atoms with Gasteiger partial charge in [0.05, 0.1) is 24.4 Å². The summed E-state index contributed by atoms with van der Waals surface area (Å²) in [6, 6.07) is 7.63. The first kappa shape index (κ1) is 17.6. The summed E-state index contributed by atoms with van der Waals surface area (Å²) in [5.74, 6) is 1.40. The zero-order valence-electron chi connectivity index (χ0n) is 13.8. The van der Waals surface area contributed by atoms with E-state index < -0.39 is 0 Å². The molecule has 0 spiro atoms. The van der Waals surface area contributed by atoms with Crippen LogP contribution in [0.3, 0.4) is 0 Å². The number of hydrogen-bond acceptors (Lipinski definition) is 5. The van der Waals surface area contributed by atoms with Gasteiger partial charge in [0.15, 0.2) is 11.5 Å². The van der Waals surface area contributed by atoms with Crippen molar-refractivity contribution in [2.45, 2.75) is 32.5 Å². The molecule has 0 saturated heterocycles. The standard InChI is InChI=1S/C17H20N4O3.ClH/c22-17(7-12-2-3-15-16(6-12)24-11-23-15)19-9-13-8-14-10-18-4-1-5-21(14)20-13;/h2-3,6,8,18H,1,4-5,7,9-11H2,(H,19,22);1H. The minimum atomic E-state index is -0.0322. The first-order valence-electron chi connectivity index (χ1n) is 8.19. The van der Waals surface area contributed by atoms with E-state index in [0.717, 1.165) is 43.1 Å². The quantitative estimate of drug-likeness (QED) is 0.857. The number of benzene rings is 1. The molecular weight excluding hydrogens is 344 g/mol. The number of hydrogen-bond donors (Lipinski definition) is 2. The second-order valence-corrected chi connectivity index (χ2v) is 6.02. The van der Waals surface area contributed by atoms with Crippen LogP contribution in [0.25, 0.3) is 0 Å². The summed E-state index contributed by atoms with van der Waals surface area (Å²) in [5.41, 5.74) is 2.97. The first-order valence-corrected chi connectivity index (χ1v) is 8.19. The second-order valence-electron chi connectivity index (χ2n) is 6.02. The lowest BCUT2D eigenvalue weighted by atomic mass is 10.1. The maximum atomic E-state index is 12.2. The molecule has 0 atom stereocenters. The Balaban J connectivity index is 0.00000182. The summed E-state index contributed by atoms with van der Waals surface area (Å²) in [4.78, 5) is 12.2. The normalized spacial score (nSPS) is 15.0. The molecule has 1 amide bonds. The van der Waals surface area contributed by atoms with Gasteiger partial charge in [-0.15, -0.1) is 12.4 Å². The molecule has 0 radical (unpaired) electrons. The summed E-state index contributed by atoms with van der Waals surface area (Å²) >= 11 is 0. The summed E-state index contributed by atoms with van der Waals surface area (Å²) in [7, 11) is 0. The van der Waals surface area contributed by atoms with E-state index >= 15 is 0 Å². The number of aromatic nitrogens is 2. The Morgan fingerprint density at radius 1 is 1.28 bits per heavy atom. The highest BCUT2D eigenvalue weighted by atomic mass is 35.5. The number of ether oxygens (including phenoxy) is 2. The lowest BCUT2D eigenvalue weighted by Crippen LogP contribution is -2.24. The predicted molar refractivity (Wildman–Crippen MR) is 93.9 cm³/mol. The average molecular weight is 365 g/mol. The molecule has 2 aliphatic rings. The lowest BCUT2D eigenvalue weighted by molar-refractivity contribution is -0.120. The molecule has 0 unspecified atom stereocenters. The van der Waals surface area contributed by atoms with Gasteiger partial charge in [-0.3, -0.25) is 9.48 Å². The molecule has 134 valence electrons. The van der Waals surface area contributed by atoms with Crippen LogP contribution in [0.4, 0.5) is 0 Å². The third-order valence-electron chi connectivity index (χ3n) is 4.21. The van der Waals surface area contributed by atoms with Crippen LogP contribution in [-0.4, -0.2) is 29.0 Å². The van der Waals surface area contributed by atoms with Crippen molar-refractivity contribution in [2.75, 3.05) is 13.3 Å². The van der Waals surface area contributed by atoms with Crippen molar-refractivity contribution >= 4 is 18.3 Å². The van der Waals surface area contributed by atoms with E-state index in [2.05, 4.69) is 21.8 Å². The summed E-state index contributed by atoms with van der Waals surface area (Å²) < 4.78 is 12.6. The molecule has 1 aromatic carbocycles. The van der Waals surface area contributed by atoms with Crippen LogP contribution in [0, 0.1) is 0 Å². The second kappa shape index (κ2) is 7.76. The van der Waals surface area contributed by atoms with Crippen LogP contribution in [-0.2, 0) is 30.8 Å². The fourth-order valence-corrected chi connectivity index (χ4v) is 3.00. The van der Waals surface area contributed by atoms with Crippen molar-refractivity contribution < 1.29 is 14.3 Å². The molecule has 4 rings (SSSR count). The van der Waals surface area contributed by atoms with E-state index in [1.807, 2.05) is 22.9 Å². The van der Waals surface area contributed by atoms with Gasteiger partial charge in [-0.1, -0.05) is 6.07 Å². The van der Waals surface area contributed by atoms with E-state index in [4.69, 9.17) is 9.47 Å². The van der Waals surface area contributed by atoms with Gasteiger partial charge >= 0.3 is 0 Å². The maximum absolute atomic E-state index is 12.2. The van der Waals surface area contributed by atoms with E-state index in [-0.39, 0.29) is 25.1 Å². The van der Waals surface area contributed by atoms with Crippen LogP contribution in [0.1, 0.15) is 23.4 Å². The number of halogens is 1. The molecule has 0 saturated carbocycles. The number of carbonyl (C=O) groups is 1. The topological polar surface area (TPSA) is 77.4 Å². The van der Waals surface area contributed by atoms with Gasteiger partial charge < -0.3 is 20.1 Å². The van der Waals surface area contributed by atoms with E-state index in [9.17, 15) is 4.79 Å². The Morgan fingerprint density at radius 3 is 3.08 bits per heavy atom. The Morgan fingerprint density at radius 2 is 2.16 bits per heavy atom. The van der Waals surface area contributed by atoms with Crippen LogP contribution >= 0.6 is 12.4 Å². The zero-order chi connectivity index (χ0) is 16.4. The summed E-state index contributed by atoms with van der Waals surface area (Å²) in [5, 5.41) is 10.9. The van der Waals surface area contributed by atoms with Crippen LogP contribution in [0.2, 0.25) is 0 Å². The van der Waals surface area contributed by atoms with Gasteiger partial charge in [0.1, 0.15) is 0 Å². The van der Waals surface area contributed by atoms with Crippen molar-refractivity contribution in [1.29, 1.82) is 0 Å². The number of amides is 1. The van der Waals surface area contributed by atoms with Gasteiger partial charge in [-0.05, 0) is 36.7 Å². The van der Waals surface area contributed by atoms with Gasteiger partial charge in [0.25, 0.3) is 0 Å². The summed E-state index contributed by atoms with van der Waals surface area (Å²) in [6.45, 7) is 3.46. The molecule has 2 aromatic rings. The highest BCUT2D eigenvalue weighted by Crippen LogP contribution is 2.32. The fourth-order valence-electron chi connectivity index (χ4n) is 3.00. The highest BCUT2D eigenvalue weighted by molar-refractivity contribution is 5.85. The molecule has 0 aliphatic carbocycles. The van der Waals surface area contributed by atoms with Crippen molar-refractivity contribution in [1.82, 2.24) is 20.4 Å². The maximum Gasteiger partial charge on any atom is 0.231 e. The fraction of sp³-hybridized carbons (Fsp3) is 0.412. The van der Waals surface area contributed by atoms with Crippen molar-refractivity contribution in [3.63, 3.8) is 0 Å². The van der Waals surface area contributed by atoms with Gasteiger partial charge in [0.2, 0.25) is 12.7 Å². The lowest BCUT2D eigenvalue weighted by Gasteiger charge is -2.05. The molecule has 2 aliphatic heterocycles.